The third-order valence-electron chi connectivity index (χ3n) is 2.94. The van der Waals surface area contributed by atoms with Crippen LogP contribution in [-0.2, 0) is 0 Å². The van der Waals surface area contributed by atoms with Crippen molar-refractivity contribution >= 4 is 22.9 Å². The molecule has 1 aromatic heterocycles. The van der Waals surface area contributed by atoms with Crippen molar-refractivity contribution in [1.82, 2.24) is 10.3 Å². The third-order valence-corrected chi connectivity index (χ3v) is 4.04. The molecule has 0 aliphatic rings. The lowest BCUT2D eigenvalue weighted by Gasteiger charge is -2.15. The topological polar surface area (TPSA) is 77.2 Å². The molecule has 1 unspecified atom stereocenters. The molecule has 1 atom stereocenters. The highest BCUT2D eigenvalue weighted by atomic mass is 32.1. The Hall–Kier alpha value is -2.08. The zero-order valence-corrected chi connectivity index (χ0v) is 13.2. The van der Waals surface area contributed by atoms with Gasteiger partial charge in [-0.2, -0.15) is 0 Å². The summed E-state index contributed by atoms with van der Waals surface area (Å²) in [4.78, 5) is 17.9. The maximum absolute atomic E-state index is 12.5. The molecule has 0 aliphatic heterocycles. The smallest absolute Gasteiger partial charge is 0.257 e. The monoisotopic (exact) mass is 305 g/mol. The lowest BCUT2D eigenvalue weighted by Crippen LogP contribution is -2.27. The van der Waals surface area contributed by atoms with E-state index in [4.69, 9.17) is 10.5 Å². The molecule has 0 radical (unpaired) electrons. The molecule has 21 heavy (non-hydrogen) atoms. The van der Waals surface area contributed by atoms with Crippen LogP contribution in [0.15, 0.2) is 24.4 Å². The van der Waals surface area contributed by atoms with Crippen LogP contribution in [0.5, 0.6) is 5.75 Å². The number of thiazole rings is 1. The van der Waals surface area contributed by atoms with Gasteiger partial charge < -0.3 is 15.8 Å². The van der Waals surface area contributed by atoms with Crippen LogP contribution >= 0.6 is 11.3 Å². The number of benzene rings is 1. The number of ether oxygens (including phenoxy) is 1. The Bertz CT molecular complexity index is 640. The van der Waals surface area contributed by atoms with Crippen LogP contribution in [0, 0.1) is 6.92 Å². The highest BCUT2D eigenvalue weighted by Crippen LogP contribution is 2.26. The van der Waals surface area contributed by atoms with Crippen molar-refractivity contribution < 1.29 is 9.53 Å². The van der Waals surface area contributed by atoms with Crippen LogP contribution in [0.25, 0.3) is 0 Å². The summed E-state index contributed by atoms with van der Waals surface area (Å²) >= 11 is 1.56. The number of aromatic nitrogens is 1. The second-order valence-electron chi connectivity index (χ2n) is 4.66. The molecule has 3 N–H and O–H groups in total. The fourth-order valence-electron chi connectivity index (χ4n) is 1.97. The van der Waals surface area contributed by atoms with Gasteiger partial charge in [0.15, 0.2) is 0 Å². The molecule has 1 aromatic carbocycles. The van der Waals surface area contributed by atoms with E-state index in [-0.39, 0.29) is 11.9 Å². The number of carbonyl (C=O) groups excluding carboxylic acids is 1. The van der Waals surface area contributed by atoms with E-state index in [2.05, 4.69) is 10.3 Å². The molecule has 0 saturated carbocycles. The fourth-order valence-corrected chi connectivity index (χ4v) is 2.75. The third kappa shape index (κ3) is 3.52. The van der Waals surface area contributed by atoms with Crippen LogP contribution in [0.4, 0.5) is 5.69 Å². The van der Waals surface area contributed by atoms with Crippen LogP contribution in [0.2, 0.25) is 0 Å². The molecule has 1 amide bonds. The molecular formula is C15H19N3O2S. The number of nitrogens with zero attached hydrogens (tertiary/aromatic N) is 1. The molecule has 2 aromatic rings. The van der Waals surface area contributed by atoms with E-state index >= 15 is 0 Å². The highest BCUT2D eigenvalue weighted by Gasteiger charge is 2.19. The van der Waals surface area contributed by atoms with Gasteiger partial charge in [0.25, 0.3) is 5.91 Å². The number of amides is 1. The number of nitrogens with two attached hydrogens (primary N) is 1. The molecule has 0 aliphatic carbocycles. The first-order chi connectivity index (χ1) is 10.0. The predicted octanol–water partition coefficient (Wildman–Crippen LogP) is 2.92. The average molecular weight is 305 g/mol. The summed E-state index contributed by atoms with van der Waals surface area (Å²) < 4.78 is 5.48. The van der Waals surface area contributed by atoms with Gasteiger partial charge in [-0.1, -0.05) is 6.07 Å². The van der Waals surface area contributed by atoms with Gasteiger partial charge in [-0.15, -0.1) is 11.3 Å². The molecule has 0 bridgehead atoms. The minimum absolute atomic E-state index is 0.176. The Labute approximate surface area is 128 Å². The number of hydrogen-bond donors (Lipinski definition) is 2. The Morgan fingerprint density at radius 1 is 1.52 bits per heavy atom. The van der Waals surface area contributed by atoms with Gasteiger partial charge in [0, 0.05) is 16.8 Å². The summed E-state index contributed by atoms with van der Waals surface area (Å²) in [6.45, 7) is 6.23. The summed E-state index contributed by atoms with van der Waals surface area (Å²) in [7, 11) is 0. The number of nitrogen functional groups attached to an aromatic ring is 1. The summed E-state index contributed by atoms with van der Waals surface area (Å²) in [5.41, 5.74) is 6.70. The van der Waals surface area contributed by atoms with E-state index < -0.39 is 0 Å². The highest BCUT2D eigenvalue weighted by molar-refractivity contribution is 7.11. The van der Waals surface area contributed by atoms with Crippen molar-refractivity contribution in [3.8, 4) is 5.75 Å². The number of nitrogens with one attached hydrogen (secondary N) is 1. The van der Waals surface area contributed by atoms with E-state index in [0.717, 1.165) is 9.88 Å². The Morgan fingerprint density at radius 2 is 2.29 bits per heavy atom. The first-order valence-electron chi connectivity index (χ1n) is 6.77. The largest absolute Gasteiger partial charge is 0.493 e. The normalized spacial score (nSPS) is 12.0. The fraction of sp³-hybridized carbons (Fsp3) is 0.333. The average Bonchev–Trinajstić information content (AvgIpc) is 2.86. The molecule has 0 saturated heterocycles. The van der Waals surface area contributed by atoms with Crippen LogP contribution in [0.3, 0.4) is 0 Å². The van der Waals surface area contributed by atoms with Gasteiger partial charge >= 0.3 is 0 Å². The van der Waals surface area contributed by atoms with Crippen molar-refractivity contribution in [2.45, 2.75) is 26.8 Å². The molecular weight excluding hydrogens is 286 g/mol. The first-order valence-corrected chi connectivity index (χ1v) is 7.59. The number of aryl methyl sites for hydroxylation is 1. The SMILES string of the molecule is CCOc1cccc(N)c1C(=O)NC(C)c1ncc(C)s1. The van der Waals surface area contributed by atoms with Gasteiger partial charge in [0.05, 0.1) is 12.6 Å². The zero-order valence-electron chi connectivity index (χ0n) is 12.3. The maximum Gasteiger partial charge on any atom is 0.257 e. The first kappa shape index (κ1) is 15.3. The number of rotatable bonds is 5. The molecule has 0 fully saturated rings. The number of anilines is 1. The van der Waals surface area contributed by atoms with Crippen molar-refractivity contribution in [1.29, 1.82) is 0 Å². The minimum atomic E-state index is -0.253. The number of hydrogen-bond acceptors (Lipinski definition) is 5. The molecule has 2 rings (SSSR count). The van der Waals surface area contributed by atoms with Crippen LogP contribution in [-0.4, -0.2) is 17.5 Å². The second-order valence-corrected chi connectivity index (χ2v) is 5.92. The van der Waals surface area contributed by atoms with E-state index in [1.54, 1.807) is 35.7 Å². The molecule has 6 heteroatoms. The minimum Gasteiger partial charge on any atom is -0.493 e. The lowest BCUT2D eigenvalue weighted by molar-refractivity contribution is 0.0937. The van der Waals surface area contributed by atoms with Crippen molar-refractivity contribution in [3.05, 3.63) is 39.8 Å². The summed E-state index contributed by atoms with van der Waals surface area (Å²) in [6.07, 6.45) is 1.80. The summed E-state index contributed by atoms with van der Waals surface area (Å²) in [5.74, 6) is 0.245. The van der Waals surface area contributed by atoms with Gasteiger partial charge in [-0.05, 0) is 32.9 Å². The van der Waals surface area contributed by atoms with Gasteiger partial charge in [0.2, 0.25) is 0 Å². The van der Waals surface area contributed by atoms with Crippen molar-refractivity contribution in [2.75, 3.05) is 12.3 Å². The van der Waals surface area contributed by atoms with E-state index in [1.807, 2.05) is 20.8 Å². The molecule has 5 nitrogen and oxygen atoms in total. The van der Waals surface area contributed by atoms with Gasteiger partial charge in [-0.25, -0.2) is 4.98 Å². The Kier molecular flexibility index (Phi) is 4.80. The van der Waals surface area contributed by atoms with Gasteiger partial charge in [0.1, 0.15) is 16.3 Å². The predicted molar refractivity (Wildman–Crippen MR) is 84.8 cm³/mol. The lowest BCUT2D eigenvalue weighted by atomic mass is 10.1. The molecule has 112 valence electrons. The maximum atomic E-state index is 12.5. The Balaban J connectivity index is 2.20. The van der Waals surface area contributed by atoms with Crippen LogP contribution < -0.4 is 15.8 Å². The van der Waals surface area contributed by atoms with Crippen molar-refractivity contribution in [2.24, 2.45) is 0 Å². The zero-order chi connectivity index (χ0) is 15.4. The quantitative estimate of drug-likeness (QED) is 0.833. The summed E-state index contributed by atoms with van der Waals surface area (Å²) in [5, 5.41) is 3.78. The van der Waals surface area contributed by atoms with E-state index in [9.17, 15) is 4.79 Å². The van der Waals surface area contributed by atoms with Crippen molar-refractivity contribution in [3.63, 3.8) is 0 Å². The van der Waals surface area contributed by atoms with E-state index in [1.165, 1.54) is 0 Å². The summed E-state index contributed by atoms with van der Waals surface area (Å²) in [6, 6.07) is 5.03. The van der Waals surface area contributed by atoms with E-state index in [0.29, 0.717) is 23.6 Å². The Morgan fingerprint density at radius 3 is 2.90 bits per heavy atom. The number of carbonyl (C=O) groups is 1. The van der Waals surface area contributed by atoms with Gasteiger partial charge in [-0.3, -0.25) is 4.79 Å². The molecule has 0 spiro atoms. The van der Waals surface area contributed by atoms with Crippen LogP contribution in [0.1, 0.15) is 40.1 Å². The standard InChI is InChI=1S/C15H19N3O2S/c1-4-20-12-7-5-6-11(16)13(12)14(19)18-10(3)15-17-8-9(2)21-15/h5-8,10H,4,16H2,1-3H3,(H,18,19). The second kappa shape index (κ2) is 6.58. The molecule has 1 heterocycles.